The summed E-state index contributed by atoms with van der Waals surface area (Å²) in [5.41, 5.74) is 0. The zero-order chi connectivity index (χ0) is 11.3. The topological polar surface area (TPSA) is 58.2 Å². The minimum atomic E-state index is -0.344. The zero-order valence-electron chi connectivity index (χ0n) is 9.21. The van der Waals surface area contributed by atoms with Crippen molar-refractivity contribution in [3.63, 3.8) is 0 Å². The summed E-state index contributed by atoms with van der Waals surface area (Å²) < 4.78 is 0. The van der Waals surface area contributed by atoms with E-state index in [1.165, 1.54) is 11.8 Å². The van der Waals surface area contributed by atoms with E-state index in [2.05, 4.69) is 24.5 Å². The van der Waals surface area contributed by atoms with Gasteiger partial charge in [0.1, 0.15) is 6.04 Å². The van der Waals surface area contributed by atoms with Crippen LogP contribution in [-0.2, 0) is 9.59 Å². The summed E-state index contributed by atoms with van der Waals surface area (Å²) in [4.78, 5) is 22.6. The van der Waals surface area contributed by atoms with E-state index in [0.717, 1.165) is 6.42 Å². The average molecular weight is 230 g/mol. The van der Waals surface area contributed by atoms with Gasteiger partial charge in [-0.2, -0.15) is 0 Å². The van der Waals surface area contributed by atoms with Gasteiger partial charge in [0.15, 0.2) is 0 Å². The summed E-state index contributed by atoms with van der Waals surface area (Å²) in [6.45, 7) is 4.92. The van der Waals surface area contributed by atoms with Gasteiger partial charge < -0.3 is 10.6 Å². The first-order valence-corrected chi connectivity index (χ1v) is 6.40. The van der Waals surface area contributed by atoms with Crippen LogP contribution in [0.4, 0.5) is 0 Å². The Bertz CT molecular complexity index is 244. The van der Waals surface area contributed by atoms with Crippen molar-refractivity contribution in [1.82, 2.24) is 10.6 Å². The van der Waals surface area contributed by atoms with E-state index in [-0.39, 0.29) is 17.9 Å². The van der Waals surface area contributed by atoms with Gasteiger partial charge in [-0.15, -0.1) is 11.8 Å². The maximum Gasteiger partial charge on any atom is 0.243 e. The molecule has 1 fully saturated rings. The average Bonchev–Trinajstić information content (AvgIpc) is 2.17. The number of hydrogen-bond acceptors (Lipinski definition) is 3. The molecule has 0 radical (unpaired) electrons. The van der Waals surface area contributed by atoms with Crippen molar-refractivity contribution < 1.29 is 9.59 Å². The Labute approximate surface area is 94.6 Å². The van der Waals surface area contributed by atoms with E-state index in [1.54, 1.807) is 0 Å². The molecule has 0 aliphatic carbocycles. The first-order valence-electron chi connectivity index (χ1n) is 5.24. The first kappa shape index (κ1) is 12.4. The number of thioether (sulfide) groups is 1. The molecule has 0 aromatic rings. The molecule has 1 aliphatic heterocycles. The molecule has 2 amide bonds. The second-order valence-corrected chi connectivity index (χ2v) is 5.14. The van der Waals surface area contributed by atoms with Gasteiger partial charge in [-0.25, -0.2) is 0 Å². The number of rotatable bonds is 4. The lowest BCUT2D eigenvalue weighted by atomic mass is 10.1. The Balaban J connectivity index is 2.24. The van der Waals surface area contributed by atoms with Crippen LogP contribution in [0.1, 0.15) is 20.3 Å². The van der Waals surface area contributed by atoms with E-state index in [9.17, 15) is 9.59 Å². The van der Waals surface area contributed by atoms with E-state index >= 15 is 0 Å². The highest BCUT2D eigenvalue weighted by atomic mass is 32.2. The van der Waals surface area contributed by atoms with Crippen LogP contribution in [0, 0.1) is 5.92 Å². The third kappa shape index (κ3) is 4.55. The number of amides is 2. The summed E-state index contributed by atoms with van der Waals surface area (Å²) >= 11 is 1.51. The molecule has 1 heterocycles. The van der Waals surface area contributed by atoms with Crippen molar-refractivity contribution in [3.8, 4) is 0 Å². The summed E-state index contributed by atoms with van der Waals surface area (Å²) in [5.74, 6) is 1.63. The predicted octanol–water partition coefficient (Wildman–Crippen LogP) is 0.380. The largest absolute Gasteiger partial charge is 0.354 e. The molecular formula is C10H18N2O2S. The number of carbonyl (C=O) groups excluding carboxylic acids is 2. The zero-order valence-corrected chi connectivity index (χ0v) is 10.0. The predicted molar refractivity (Wildman–Crippen MR) is 61.7 cm³/mol. The minimum absolute atomic E-state index is 0.0461. The van der Waals surface area contributed by atoms with Crippen LogP contribution < -0.4 is 10.6 Å². The minimum Gasteiger partial charge on any atom is -0.354 e. The lowest BCUT2D eigenvalue weighted by Crippen LogP contribution is -2.51. The lowest BCUT2D eigenvalue weighted by Gasteiger charge is -2.22. The fourth-order valence-corrected chi connectivity index (χ4v) is 2.15. The Morgan fingerprint density at radius 2 is 2.40 bits per heavy atom. The molecule has 1 aliphatic rings. The number of hydrogen-bond donors (Lipinski definition) is 2. The van der Waals surface area contributed by atoms with E-state index < -0.39 is 0 Å². The van der Waals surface area contributed by atoms with Gasteiger partial charge in [0.05, 0.1) is 5.75 Å². The highest BCUT2D eigenvalue weighted by molar-refractivity contribution is 8.00. The molecule has 2 N–H and O–H groups in total. The summed E-state index contributed by atoms with van der Waals surface area (Å²) in [6, 6.07) is -0.344. The van der Waals surface area contributed by atoms with Crippen LogP contribution >= 0.6 is 11.8 Å². The maximum absolute atomic E-state index is 11.6. The molecule has 1 saturated heterocycles. The van der Waals surface area contributed by atoms with Crippen molar-refractivity contribution in [2.24, 2.45) is 5.92 Å². The van der Waals surface area contributed by atoms with Gasteiger partial charge in [-0.1, -0.05) is 13.8 Å². The number of nitrogens with one attached hydrogen (secondary N) is 2. The van der Waals surface area contributed by atoms with E-state index in [4.69, 9.17) is 0 Å². The van der Waals surface area contributed by atoms with Crippen LogP contribution in [0.2, 0.25) is 0 Å². The second kappa shape index (κ2) is 6.00. The molecule has 1 unspecified atom stereocenters. The van der Waals surface area contributed by atoms with Crippen molar-refractivity contribution >= 4 is 23.6 Å². The van der Waals surface area contributed by atoms with Gasteiger partial charge in [0.2, 0.25) is 11.8 Å². The number of carbonyl (C=O) groups is 2. The molecule has 1 rings (SSSR count). The highest BCUT2D eigenvalue weighted by Gasteiger charge is 2.24. The third-order valence-corrected chi connectivity index (χ3v) is 3.23. The molecule has 0 saturated carbocycles. The van der Waals surface area contributed by atoms with Crippen LogP contribution in [0.5, 0.6) is 0 Å². The lowest BCUT2D eigenvalue weighted by molar-refractivity contribution is -0.127. The molecule has 86 valence electrons. The Hall–Kier alpha value is -0.710. The van der Waals surface area contributed by atoms with Crippen molar-refractivity contribution in [2.45, 2.75) is 26.3 Å². The Morgan fingerprint density at radius 3 is 3.00 bits per heavy atom. The monoisotopic (exact) mass is 230 g/mol. The standard InChI is InChI=1S/C10H18N2O2S/c1-7(2)3-4-11-10(14)8-5-15-6-9(13)12-8/h7-8H,3-6H2,1-2H3,(H,11,14)(H,12,13). The summed E-state index contributed by atoms with van der Waals surface area (Å²) in [5, 5.41) is 5.52. The maximum atomic E-state index is 11.6. The van der Waals surface area contributed by atoms with Gasteiger partial charge >= 0.3 is 0 Å². The molecule has 0 bridgehead atoms. The first-order chi connectivity index (χ1) is 7.09. The van der Waals surface area contributed by atoms with E-state index in [1.807, 2.05) is 0 Å². The molecule has 0 spiro atoms. The molecular weight excluding hydrogens is 212 g/mol. The normalized spacial score (nSPS) is 21.3. The Kier molecular flexibility index (Phi) is 4.94. The highest BCUT2D eigenvalue weighted by Crippen LogP contribution is 2.08. The molecule has 4 nitrogen and oxygen atoms in total. The van der Waals surface area contributed by atoms with Crippen LogP contribution in [0.25, 0.3) is 0 Å². The van der Waals surface area contributed by atoms with Gasteiger partial charge in [0, 0.05) is 12.3 Å². The second-order valence-electron chi connectivity index (χ2n) is 4.11. The van der Waals surface area contributed by atoms with Crippen molar-refractivity contribution in [2.75, 3.05) is 18.1 Å². The summed E-state index contributed by atoms with van der Waals surface area (Å²) in [7, 11) is 0. The third-order valence-electron chi connectivity index (χ3n) is 2.19. The molecule has 0 aromatic carbocycles. The van der Waals surface area contributed by atoms with E-state index in [0.29, 0.717) is 24.0 Å². The molecule has 15 heavy (non-hydrogen) atoms. The Morgan fingerprint density at radius 1 is 1.67 bits per heavy atom. The van der Waals surface area contributed by atoms with Gasteiger partial charge in [0.25, 0.3) is 0 Å². The molecule has 1 atom stereocenters. The quantitative estimate of drug-likeness (QED) is 0.734. The molecule has 5 heteroatoms. The van der Waals surface area contributed by atoms with Crippen molar-refractivity contribution in [3.05, 3.63) is 0 Å². The molecule has 0 aromatic heterocycles. The smallest absolute Gasteiger partial charge is 0.243 e. The van der Waals surface area contributed by atoms with Crippen molar-refractivity contribution in [1.29, 1.82) is 0 Å². The van der Waals surface area contributed by atoms with Crippen LogP contribution in [0.3, 0.4) is 0 Å². The fourth-order valence-electron chi connectivity index (χ4n) is 1.30. The van der Waals surface area contributed by atoms with Gasteiger partial charge in [-0.3, -0.25) is 9.59 Å². The fraction of sp³-hybridized carbons (Fsp3) is 0.800. The SMILES string of the molecule is CC(C)CCNC(=O)C1CSCC(=O)N1. The summed E-state index contributed by atoms with van der Waals surface area (Å²) in [6.07, 6.45) is 0.972. The van der Waals surface area contributed by atoms with Crippen LogP contribution in [-0.4, -0.2) is 35.9 Å². The van der Waals surface area contributed by atoms with Crippen LogP contribution in [0.15, 0.2) is 0 Å². The van der Waals surface area contributed by atoms with Gasteiger partial charge in [-0.05, 0) is 12.3 Å².